The molecular weight excluding hydrogens is 624 g/mol. The van der Waals surface area contributed by atoms with Crippen molar-refractivity contribution in [1.29, 1.82) is 0 Å². The van der Waals surface area contributed by atoms with Gasteiger partial charge in [-0.15, -0.1) is 11.3 Å². The average molecular weight is 667 g/mol. The fraction of sp³-hybridized carbons (Fsp3) is 0.400. The molecule has 2 aromatic carbocycles. The summed E-state index contributed by atoms with van der Waals surface area (Å²) in [7, 11) is 0. The number of halogens is 1. The van der Waals surface area contributed by atoms with E-state index < -0.39 is 41.6 Å². The summed E-state index contributed by atoms with van der Waals surface area (Å²) < 4.78 is 0. The first-order valence-corrected chi connectivity index (χ1v) is 16.9. The summed E-state index contributed by atoms with van der Waals surface area (Å²) in [6.45, 7) is 5.48. The van der Waals surface area contributed by atoms with E-state index in [-0.39, 0.29) is 37.6 Å². The lowest BCUT2D eigenvalue weighted by atomic mass is 9.98. The number of benzene rings is 2. The van der Waals surface area contributed by atoms with Gasteiger partial charge in [0.05, 0.1) is 0 Å². The van der Waals surface area contributed by atoms with Crippen LogP contribution in [-0.2, 0) is 43.2 Å². The molecule has 0 radical (unpaired) electrons. The minimum Gasteiger partial charge on any atom is -0.350 e. The first-order valence-electron chi connectivity index (χ1n) is 15.6. The third kappa shape index (κ3) is 12.1. The summed E-state index contributed by atoms with van der Waals surface area (Å²) in [5.41, 5.74) is 1.54. The van der Waals surface area contributed by atoms with Crippen molar-refractivity contribution in [3.05, 3.63) is 93.1 Å². The number of thiophene rings is 1. The van der Waals surface area contributed by atoms with E-state index in [0.717, 1.165) is 18.4 Å². The zero-order chi connectivity index (χ0) is 33.5. The van der Waals surface area contributed by atoms with Gasteiger partial charge in [0.15, 0.2) is 0 Å². The Balaban J connectivity index is 1.72. The van der Waals surface area contributed by atoms with E-state index in [4.69, 9.17) is 11.6 Å². The summed E-state index contributed by atoms with van der Waals surface area (Å²) >= 11 is 7.69. The Kier molecular flexibility index (Phi) is 14.9. The number of likely N-dealkylation sites (N-methyl/N-ethyl adjacent to an activating group) is 1. The van der Waals surface area contributed by atoms with Crippen molar-refractivity contribution in [2.45, 2.75) is 77.4 Å². The Morgan fingerprint density at radius 1 is 0.761 bits per heavy atom. The topological polar surface area (TPSA) is 133 Å². The lowest BCUT2D eigenvalue weighted by Gasteiger charge is -2.27. The van der Waals surface area contributed by atoms with Gasteiger partial charge in [-0.2, -0.15) is 0 Å². The lowest BCUT2D eigenvalue weighted by Crippen LogP contribution is -2.59. The molecule has 0 aliphatic heterocycles. The third-order valence-corrected chi connectivity index (χ3v) is 8.57. The molecule has 0 spiro atoms. The number of aryl methyl sites for hydroxylation is 1. The van der Waals surface area contributed by atoms with Crippen LogP contribution < -0.4 is 21.3 Å². The van der Waals surface area contributed by atoms with Crippen molar-refractivity contribution in [3.63, 3.8) is 0 Å². The number of hydrogen-bond donors (Lipinski definition) is 4. The van der Waals surface area contributed by atoms with Crippen molar-refractivity contribution in [3.8, 4) is 0 Å². The maximum Gasteiger partial charge on any atom is 0.289 e. The zero-order valence-corrected chi connectivity index (χ0v) is 28.1. The van der Waals surface area contributed by atoms with Crippen LogP contribution in [0.25, 0.3) is 0 Å². The summed E-state index contributed by atoms with van der Waals surface area (Å²) in [4.78, 5) is 67.0. The van der Waals surface area contributed by atoms with E-state index in [1.54, 1.807) is 56.4 Å². The van der Waals surface area contributed by atoms with E-state index in [1.807, 2.05) is 41.8 Å². The van der Waals surface area contributed by atoms with Gasteiger partial charge in [-0.3, -0.25) is 24.0 Å². The van der Waals surface area contributed by atoms with Gasteiger partial charge in [0.2, 0.25) is 23.5 Å². The van der Waals surface area contributed by atoms with Crippen LogP contribution in [0.1, 0.15) is 56.0 Å². The molecule has 4 N–H and O–H groups in total. The van der Waals surface area contributed by atoms with Crippen LogP contribution in [0.5, 0.6) is 0 Å². The van der Waals surface area contributed by atoms with E-state index in [1.165, 1.54) is 4.88 Å². The van der Waals surface area contributed by atoms with E-state index in [0.29, 0.717) is 17.0 Å². The van der Waals surface area contributed by atoms with Crippen molar-refractivity contribution in [2.75, 3.05) is 6.54 Å². The predicted molar refractivity (Wildman–Crippen MR) is 181 cm³/mol. The maximum atomic E-state index is 13.7. The highest BCUT2D eigenvalue weighted by atomic mass is 35.5. The van der Waals surface area contributed by atoms with Crippen molar-refractivity contribution in [1.82, 2.24) is 21.3 Å². The SMILES string of the molecule is CCNC(=O)C(=O)[C@H](Cc1ccc(Cl)cc1)NC(=O)[C@@H](NC(=O)[C@H](Cc1ccccc1)NC(=O)CCCCc1cccs1)C(C)C. The summed E-state index contributed by atoms with van der Waals surface area (Å²) in [5.74, 6) is -3.36. The van der Waals surface area contributed by atoms with Gasteiger partial charge in [0.25, 0.3) is 5.91 Å². The number of unbranched alkanes of at least 4 members (excludes halogenated alkanes) is 1. The number of ketones is 1. The Labute approximate surface area is 279 Å². The molecule has 0 aliphatic rings. The molecule has 9 nitrogen and oxygen atoms in total. The molecule has 46 heavy (non-hydrogen) atoms. The second-order valence-electron chi connectivity index (χ2n) is 11.4. The van der Waals surface area contributed by atoms with Crippen LogP contribution in [0.2, 0.25) is 5.02 Å². The second-order valence-corrected chi connectivity index (χ2v) is 12.9. The van der Waals surface area contributed by atoms with Gasteiger partial charge in [0.1, 0.15) is 18.1 Å². The van der Waals surface area contributed by atoms with E-state index >= 15 is 0 Å². The van der Waals surface area contributed by atoms with E-state index in [9.17, 15) is 24.0 Å². The van der Waals surface area contributed by atoms with Crippen LogP contribution in [-0.4, -0.2) is 54.1 Å². The van der Waals surface area contributed by atoms with Gasteiger partial charge in [-0.1, -0.05) is 74.0 Å². The number of carbonyl (C=O) groups is 5. The first-order chi connectivity index (χ1) is 22.1. The van der Waals surface area contributed by atoms with Crippen molar-refractivity contribution in [2.24, 2.45) is 5.92 Å². The van der Waals surface area contributed by atoms with Crippen LogP contribution in [0.4, 0.5) is 0 Å². The smallest absolute Gasteiger partial charge is 0.289 e. The first kappa shape index (κ1) is 36.4. The quantitative estimate of drug-likeness (QED) is 0.118. The average Bonchev–Trinajstić information content (AvgIpc) is 3.56. The summed E-state index contributed by atoms with van der Waals surface area (Å²) in [6.07, 6.45) is 2.98. The molecule has 11 heteroatoms. The van der Waals surface area contributed by atoms with Gasteiger partial charge >= 0.3 is 0 Å². The minimum atomic E-state index is -1.17. The van der Waals surface area contributed by atoms with E-state index in [2.05, 4.69) is 27.3 Å². The minimum absolute atomic E-state index is 0.0524. The van der Waals surface area contributed by atoms with Crippen LogP contribution >= 0.6 is 22.9 Å². The van der Waals surface area contributed by atoms with Gasteiger partial charge in [-0.05, 0) is 66.8 Å². The molecule has 1 aromatic heterocycles. The summed E-state index contributed by atoms with van der Waals surface area (Å²) in [6, 6.07) is 17.0. The molecule has 0 saturated heterocycles. The molecule has 0 bridgehead atoms. The van der Waals surface area contributed by atoms with Crippen LogP contribution in [0.3, 0.4) is 0 Å². The predicted octanol–water partition coefficient (Wildman–Crippen LogP) is 4.42. The molecular formula is C35H43ClN4O5S. The van der Waals surface area contributed by atoms with Crippen molar-refractivity contribution >= 4 is 52.3 Å². The monoisotopic (exact) mass is 666 g/mol. The van der Waals surface area contributed by atoms with Crippen LogP contribution in [0, 0.1) is 5.92 Å². The molecule has 4 amide bonds. The van der Waals surface area contributed by atoms with Gasteiger partial charge in [0, 0.05) is 35.7 Å². The molecule has 0 unspecified atom stereocenters. The Morgan fingerprint density at radius 2 is 1.43 bits per heavy atom. The molecule has 3 atom stereocenters. The van der Waals surface area contributed by atoms with Gasteiger partial charge < -0.3 is 21.3 Å². The number of nitrogens with one attached hydrogen (secondary N) is 4. The highest BCUT2D eigenvalue weighted by Crippen LogP contribution is 2.14. The summed E-state index contributed by atoms with van der Waals surface area (Å²) in [5, 5.41) is 13.4. The number of rotatable bonds is 18. The number of Topliss-reactive ketones (excluding diaryl/α,β-unsaturated/α-hetero) is 1. The molecule has 3 aromatic rings. The molecule has 1 heterocycles. The fourth-order valence-corrected chi connectivity index (χ4v) is 5.76. The fourth-order valence-electron chi connectivity index (χ4n) is 4.89. The Bertz CT molecular complexity index is 1430. The highest BCUT2D eigenvalue weighted by molar-refractivity contribution is 7.09. The standard InChI is InChI=1S/C35H43ClN4O5S/c1-4-37-35(45)32(42)28(21-25-16-18-26(36)19-17-25)39-34(44)31(23(2)3)40-33(43)29(22-24-11-6-5-7-12-24)38-30(41)15-9-8-13-27-14-10-20-46-27/h5-7,10-12,14,16-20,23,28-29,31H,4,8-9,13,15,21-22H2,1-3H3,(H,37,45)(H,38,41)(H,39,44)(H,40,43)/t28-,29-,31-/m0/s1. The van der Waals surface area contributed by atoms with Crippen LogP contribution in [0.15, 0.2) is 72.1 Å². The normalized spacial score (nSPS) is 12.9. The second kappa shape index (κ2) is 18.8. The van der Waals surface area contributed by atoms with Gasteiger partial charge in [-0.25, -0.2) is 0 Å². The van der Waals surface area contributed by atoms with Crippen molar-refractivity contribution < 1.29 is 24.0 Å². The number of carbonyl (C=O) groups excluding carboxylic acids is 5. The largest absolute Gasteiger partial charge is 0.350 e. The Morgan fingerprint density at radius 3 is 2.07 bits per heavy atom. The Hall–Kier alpha value is -4.02. The number of amides is 4. The number of hydrogen-bond acceptors (Lipinski definition) is 6. The maximum absolute atomic E-state index is 13.7. The molecule has 3 rings (SSSR count). The molecule has 0 fully saturated rings. The highest BCUT2D eigenvalue weighted by Gasteiger charge is 2.33. The molecule has 0 saturated carbocycles. The molecule has 246 valence electrons. The zero-order valence-electron chi connectivity index (χ0n) is 26.5. The third-order valence-electron chi connectivity index (χ3n) is 7.39. The lowest BCUT2D eigenvalue weighted by molar-refractivity contribution is -0.140. The molecule has 0 aliphatic carbocycles.